The molecule has 3 rings (SSSR count). The Bertz CT molecular complexity index is 623. The SMILES string of the molecule is CC(c1cccs1)N(C)C(=O)C1CCN(c2ncccn2)CC1. The summed E-state index contributed by atoms with van der Waals surface area (Å²) in [7, 11) is 1.92. The Morgan fingerprint density at radius 1 is 1.30 bits per heavy atom. The van der Waals surface area contributed by atoms with Crippen molar-refractivity contribution in [2.24, 2.45) is 5.92 Å². The zero-order valence-electron chi connectivity index (χ0n) is 13.6. The fourth-order valence-corrected chi connectivity index (χ4v) is 3.81. The normalized spacial score (nSPS) is 17.0. The van der Waals surface area contributed by atoms with Crippen LogP contribution in [0.25, 0.3) is 0 Å². The monoisotopic (exact) mass is 330 g/mol. The lowest BCUT2D eigenvalue weighted by Gasteiger charge is -2.34. The molecular formula is C17H22N4OS. The van der Waals surface area contributed by atoms with Gasteiger partial charge in [-0.1, -0.05) is 6.07 Å². The van der Waals surface area contributed by atoms with E-state index >= 15 is 0 Å². The molecule has 1 aliphatic heterocycles. The highest BCUT2D eigenvalue weighted by atomic mass is 32.1. The van der Waals surface area contributed by atoms with Gasteiger partial charge in [-0.05, 0) is 37.3 Å². The number of carbonyl (C=O) groups is 1. The van der Waals surface area contributed by atoms with E-state index in [-0.39, 0.29) is 17.9 Å². The van der Waals surface area contributed by atoms with Crippen molar-refractivity contribution in [3.8, 4) is 0 Å². The number of carbonyl (C=O) groups excluding carboxylic acids is 1. The van der Waals surface area contributed by atoms with Gasteiger partial charge >= 0.3 is 0 Å². The molecule has 1 amide bonds. The first kappa shape index (κ1) is 15.9. The topological polar surface area (TPSA) is 49.3 Å². The maximum Gasteiger partial charge on any atom is 0.226 e. The van der Waals surface area contributed by atoms with Gasteiger partial charge in [-0.3, -0.25) is 4.79 Å². The van der Waals surface area contributed by atoms with Gasteiger partial charge in [-0.25, -0.2) is 9.97 Å². The summed E-state index contributed by atoms with van der Waals surface area (Å²) in [5.41, 5.74) is 0. The van der Waals surface area contributed by atoms with E-state index in [1.54, 1.807) is 23.7 Å². The minimum absolute atomic E-state index is 0.0994. The Kier molecular flexibility index (Phi) is 4.91. The minimum Gasteiger partial charge on any atom is -0.341 e. The molecule has 5 nitrogen and oxygen atoms in total. The van der Waals surface area contributed by atoms with Crippen molar-refractivity contribution >= 4 is 23.2 Å². The lowest BCUT2D eigenvalue weighted by atomic mass is 9.95. The third-order valence-electron chi connectivity index (χ3n) is 4.56. The van der Waals surface area contributed by atoms with Crippen LogP contribution in [0.15, 0.2) is 36.0 Å². The second-order valence-electron chi connectivity index (χ2n) is 5.95. The Morgan fingerprint density at radius 2 is 2.00 bits per heavy atom. The van der Waals surface area contributed by atoms with Gasteiger partial charge in [-0.15, -0.1) is 11.3 Å². The summed E-state index contributed by atoms with van der Waals surface area (Å²) < 4.78 is 0. The molecule has 3 heterocycles. The van der Waals surface area contributed by atoms with E-state index in [0.29, 0.717) is 0 Å². The number of aromatic nitrogens is 2. The van der Waals surface area contributed by atoms with Crippen molar-refractivity contribution in [2.45, 2.75) is 25.8 Å². The van der Waals surface area contributed by atoms with Gasteiger partial charge in [0.15, 0.2) is 0 Å². The Labute approximate surface area is 141 Å². The van der Waals surface area contributed by atoms with Crippen LogP contribution in [-0.4, -0.2) is 40.9 Å². The minimum atomic E-state index is 0.0994. The molecule has 0 saturated carbocycles. The molecule has 0 aromatic carbocycles. The highest BCUT2D eigenvalue weighted by molar-refractivity contribution is 7.10. The summed E-state index contributed by atoms with van der Waals surface area (Å²) in [6.07, 6.45) is 5.24. The molecule has 1 fully saturated rings. The zero-order valence-corrected chi connectivity index (χ0v) is 14.4. The average Bonchev–Trinajstić information content (AvgIpc) is 3.15. The van der Waals surface area contributed by atoms with Gasteiger partial charge in [0.05, 0.1) is 6.04 Å². The lowest BCUT2D eigenvalue weighted by molar-refractivity contribution is -0.136. The molecule has 1 saturated heterocycles. The van der Waals surface area contributed by atoms with E-state index in [2.05, 4.69) is 33.2 Å². The quantitative estimate of drug-likeness (QED) is 0.865. The Morgan fingerprint density at radius 3 is 2.61 bits per heavy atom. The number of thiophene rings is 1. The molecule has 0 N–H and O–H groups in total. The first-order valence-corrected chi connectivity index (χ1v) is 8.87. The van der Waals surface area contributed by atoms with Crippen molar-refractivity contribution < 1.29 is 4.79 Å². The van der Waals surface area contributed by atoms with E-state index in [9.17, 15) is 4.79 Å². The average molecular weight is 330 g/mol. The highest BCUT2D eigenvalue weighted by Gasteiger charge is 2.30. The van der Waals surface area contributed by atoms with Crippen LogP contribution < -0.4 is 4.90 Å². The van der Waals surface area contributed by atoms with Gasteiger partial charge in [0.25, 0.3) is 0 Å². The molecule has 23 heavy (non-hydrogen) atoms. The first-order chi connectivity index (χ1) is 11.2. The van der Waals surface area contributed by atoms with Crippen LogP contribution >= 0.6 is 11.3 Å². The van der Waals surface area contributed by atoms with Crippen LogP contribution in [-0.2, 0) is 4.79 Å². The van der Waals surface area contributed by atoms with Crippen molar-refractivity contribution in [2.75, 3.05) is 25.0 Å². The fraction of sp³-hybridized carbons (Fsp3) is 0.471. The molecule has 1 unspecified atom stereocenters. The summed E-state index contributed by atoms with van der Waals surface area (Å²) in [5.74, 6) is 1.11. The largest absolute Gasteiger partial charge is 0.341 e. The number of anilines is 1. The molecular weight excluding hydrogens is 308 g/mol. The van der Waals surface area contributed by atoms with Crippen molar-refractivity contribution in [1.82, 2.24) is 14.9 Å². The smallest absolute Gasteiger partial charge is 0.226 e. The lowest BCUT2D eigenvalue weighted by Crippen LogP contribution is -2.42. The maximum atomic E-state index is 12.8. The van der Waals surface area contributed by atoms with Gasteiger partial charge in [0, 0.05) is 43.3 Å². The standard InChI is InChI=1S/C17H22N4OS/c1-13(15-5-3-12-23-15)20(2)16(22)14-6-10-21(11-7-14)17-18-8-4-9-19-17/h3-5,8-9,12-14H,6-7,10-11H2,1-2H3. The summed E-state index contributed by atoms with van der Waals surface area (Å²) in [6, 6.07) is 6.08. The fourth-order valence-electron chi connectivity index (χ4n) is 2.98. The number of piperidine rings is 1. The van der Waals surface area contributed by atoms with Crippen LogP contribution in [0.2, 0.25) is 0 Å². The van der Waals surface area contributed by atoms with Gasteiger partial charge in [0.2, 0.25) is 11.9 Å². The molecule has 0 spiro atoms. The molecule has 1 atom stereocenters. The number of amides is 1. The van der Waals surface area contributed by atoms with Crippen molar-refractivity contribution in [3.05, 3.63) is 40.8 Å². The van der Waals surface area contributed by atoms with Crippen LogP contribution in [0.3, 0.4) is 0 Å². The summed E-state index contributed by atoms with van der Waals surface area (Å²) in [5, 5.41) is 2.06. The maximum absolute atomic E-state index is 12.8. The van der Waals surface area contributed by atoms with Crippen LogP contribution in [0, 0.1) is 5.92 Å². The van der Waals surface area contributed by atoms with Crippen molar-refractivity contribution in [3.63, 3.8) is 0 Å². The second kappa shape index (κ2) is 7.08. The second-order valence-corrected chi connectivity index (χ2v) is 6.93. The van der Waals surface area contributed by atoms with Crippen LogP contribution in [0.1, 0.15) is 30.7 Å². The predicted molar refractivity (Wildman–Crippen MR) is 92.5 cm³/mol. The Hall–Kier alpha value is -1.95. The molecule has 1 aliphatic rings. The van der Waals surface area contributed by atoms with E-state index < -0.39 is 0 Å². The highest BCUT2D eigenvalue weighted by Crippen LogP contribution is 2.28. The van der Waals surface area contributed by atoms with Gasteiger partial charge in [0.1, 0.15) is 0 Å². The van der Waals surface area contributed by atoms with E-state index in [1.165, 1.54) is 4.88 Å². The van der Waals surface area contributed by atoms with Crippen molar-refractivity contribution in [1.29, 1.82) is 0 Å². The summed E-state index contributed by atoms with van der Waals surface area (Å²) in [6.45, 7) is 3.76. The predicted octanol–water partition coefficient (Wildman–Crippen LogP) is 2.97. The number of hydrogen-bond acceptors (Lipinski definition) is 5. The number of rotatable bonds is 4. The third kappa shape index (κ3) is 3.52. The first-order valence-electron chi connectivity index (χ1n) is 7.99. The summed E-state index contributed by atoms with van der Waals surface area (Å²) in [4.78, 5) is 26.6. The zero-order chi connectivity index (χ0) is 16.2. The molecule has 0 radical (unpaired) electrons. The van der Waals surface area contributed by atoms with E-state index in [4.69, 9.17) is 0 Å². The molecule has 0 aliphatic carbocycles. The van der Waals surface area contributed by atoms with Crippen LogP contribution in [0.4, 0.5) is 5.95 Å². The molecule has 2 aromatic heterocycles. The van der Waals surface area contributed by atoms with Gasteiger partial charge in [-0.2, -0.15) is 0 Å². The molecule has 2 aromatic rings. The third-order valence-corrected chi connectivity index (χ3v) is 5.61. The molecule has 6 heteroatoms. The van der Waals surface area contributed by atoms with E-state index in [1.807, 2.05) is 24.1 Å². The van der Waals surface area contributed by atoms with E-state index in [0.717, 1.165) is 31.9 Å². The molecule has 122 valence electrons. The Balaban J connectivity index is 1.58. The molecule has 0 bridgehead atoms. The van der Waals surface area contributed by atoms with Gasteiger partial charge < -0.3 is 9.80 Å². The number of nitrogens with zero attached hydrogens (tertiary/aromatic N) is 4. The summed E-state index contributed by atoms with van der Waals surface area (Å²) >= 11 is 1.70. The van der Waals surface area contributed by atoms with Crippen LogP contribution in [0.5, 0.6) is 0 Å². The number of hydrogen-bond donors (Lipinski definition) is 0.